The van der Waals surface area contributed by atoms with Crippen molar-refractivity contribution in [2.45, 2.75) is 49.3 Å². The molecule has 1 fully saturated rings. The fraction of sp³-hybridized carbons (Fsp3) is 0.500. The molecule has 3 N–H and O–H groups in total. The van der Waals surface area contributed by atoms with Gasteiger partial charge in [0.15, 0.2) is 0 Å². The van der Waals surface area contributed by atoms with Crippen molar-refractivity contribution in [1.82, 2.24) is 9.80 Å². The summed E-state index contributed by atoms with van der Waals surface area (Å²) in [6.45, 7) is 3.04. The van der Waals surface area contributed by atoms with Crippen LogP contribution in [0.25, 0.3) is 0 Å². The summed E-state index contributed by atoms with van der Waals surface area (Å²) in [6, 6.07) is 17.6. The molecule has 14 heteroatoms. The van der Waals surface area contributed by atoms with Crippen LogP contribution in [0.3, 0.4) is 0 Å². The summed E-state index contributed by atoms with van der Waals surface area (Å²) in [6.07, 6.45) is -8.46. The van der Waals surface area contributed by atoms with Crippen molar-refractivity contribution in [3.05, 3.63) is 65.2 Å². The number of piperidine rings is 1. The van der Waals surface area contributed by atoms with Gasteiger partial charge in [0.1, 0.15) is 0 Å². The number of likely N-dealkylation sites (N-methyl/N-ethyl adjacent to an activating group) is 1. The number of aliphatic carboxylic acids is 2. The van der Waals surface area contributed by atoms with Crippen LogP contribution in [0.1, 0.15) is 35.6 Å². The zero-order chi connectivity index (χ0) is 32.0. The van der Waals surface area contributed by atoms with Crippen molar-refractivity contribution in [1.29, 1.82) is 0 Å². The lowest BCUT2D eigenvalue weighted by Crippen LogP contribution is -2.49. The Bertz CT molecular complexity index is 1170. The van der Waals surface area contributed by atoms with E-state index in [1.807, 2.05) is 0 Å². The van der Waals surface area contributed by atoms with Crippen molar-refractivity contribution in [3.63, 3.8) is 0 Å². The summed E-state index contributed by atoms with van der Waals surface area (Å²) in [5, 5.41) is 25.6. The van der Waals surface area contributed by atoms with Crippen LogP contribution in [0.2, 0.25) is 0 Å². The van der Waals surface area contributed by atoms with Gasteiger partial charge in [0.2, 0.25) is 0 Å². The number of carbonyl (C=O) groups is 2. The van der Waals surface area contributed by atoms with Crippen LogP contribution in [-0.2, 0) is 21.5 Å². The Labute approximate surface area is 239 Å². The SMILES string of the molecule is CN(C)c1ccc(CN2CCC3(CC2)c2ccccc2[C@@H](N(C)C)[C@@H]3O)cc1.O=C(O)C(F)(F)F.O=C(O)C(F)(F)F. The number of nitrogens with zero attached hydrogens (tertiary/aromatic N) is 3. The number of fused-ring (bicyclic) bond motifs is 2. The number of likely N-dealkylation sites (tertiary alicyclic amines) is 1. The minimum Gasteiger partial charge on any atom is -0.475 e. The smallest absolute Gasteiger partial charge is 0.475 e. The van der Waals surface area contributed by atoms with Crippen molar-refractivity contribution in [2.24, 2.45) is 0 Å². The molecule has 8 nitrogen and oxygen atoms in total. The van der Waals surface area contributed by atoms with Crippen LogP contribution < -0.4 is 4.90 Å². The van der Waals surface area contributed by atoms with Crippen LogP contribution in [0.4, 0.5) is 32.0 Å². The van der Waals surface area contributed by atoms with Gasteiger partial charge in [0.25, 0.3) is 0 Å². The van der Waals surface area contributed by atoms with Gasteiger partial charge in [-0.15, -0.1) is 0 Å². The molecule has 1 spiro atoms. The summed E-state index contributed by atoms with van der Waals surface area (Å²) in [5.74, 6) is -5.51. The lowest BCUT2D eigenvalue weighted by molar-refractivity contribution is -0.193. The van der Waals surface area contributed by atoms with Crippen LogP contribution in [0.5, 0.6) is 0 Å². The maximum atomic E-state index is 11.3. The summed E-state index contributed by atoms with van der Waals surface area (Å²) in [5.41, 5.74) is 5.18. The lowest BCUT2D eigenvalue weighted by atomic mass is 9.72. The second-order valence-corrected chi connectivity index (χ2v) is 10.5. The number of hydrogen-bond acceptors (Lipinski definition) is 6. The molecule has 0 radical (unpaired) electrons. The summed E-state index contributed by atoms with van der Waals surface area (Å²) >= 11 is 0. The third-order valence-corrected chi connectivity index (χ3v) is 7.33. The molecule has 0 aromatic heterocycles. The van der Waals surface area contributed by atoms with E-state index < -0.39 is 24.3 Å². The van der Waals surface area contributed by atoms with E-state index in [-0.39, 0.29) is 17.6 Å². The van der Waals surface area contributed by atoms with Crippen LogP contribution in [0, 0.1) is 0 Å². The standard InChI is InChI=1S/C24H33N3O.2C2HF3O2/c1-25(2)19-11-9-18(10-12-19)17-27-15-13-24(14-16-27)21-8-6-5-7-20(21)22(23(24)28)26(3)4;2*3-2(4,5)1(6)7/h5-12,22-23,28H,13-17H2,1-4H3;2*(H,6,7)/t22-,23+;;/m1../s1. The Morgan fingerprint density at radius 1 is 0.857 bits per heavy atom. The Hall–Kier alpha value is -3.36. The number of benzene rings is 2. The van der Waals surface area contributed by atoms with Gasteiger partial charge in [0, 0.05) is 31.7 Å². The van der Waals surface area contributed by atoms with E-state index in [0.29, 0.717) is 0 Å². The minimum absolute atomic E-state index is 0.0985. The number of alkyl halides is 6. The number of halogens is 6. The van der Waals surface area contributed by atoms with Gasteiger partial charge in [-0.2, -0.15) is 26.3 Å². The number of aliphatic hydroxyl groups excluding tert-OH is 1. The van der Waals surface area contributed by atoms with Gasteiger partial charge in [0.05, 0.1) is 12.1 Å². The number of aliphatic hydroxyl groups is 1. The molecule has 2 aromatic carbocycles. The van der Waals surface area contributed by atoms with Crippen molar-refractivity contribution < 1.29 is 51.3 Å². The average Bonchev–Trinajstić information content (AvgIpc) is 3.13. The summed E-state index contributed by atoms with van der Waals surface area (Å²) in [4.78, 5) is 24.6. The van der Waals surface area contributed by atoms with Crippen molar-refractivity contribution in [3.8, 4) is 0 Å². The molecule has 2 aromatic rings. The van der Waals surface area contributed by atoms with E-state index in [0.717, 1.165) is 32.5 Å². The lowest BCUT2D eigenvalue weighted by Gasteiger charge is -2.43. The molecule has 0 saturated carbocycles. The summed E-state index contributed by atoms with van der Waals surface area (Å²) < 4.78 is 63.5. The molecule has 234 valence electrons. The number of carboxylic acid groups (broad SMARTS) is 2. The fourth-order valence-corrected chi connectivity index (χ4v) is 5.23. The first kappa shape index (κ1) is 34.8. The number of hydrogen-bond donors (Lipinski definition) is 3. The monoisotopic (exact) mass is 607 g/mol. The highest BCUT2D eigenvalue weighted by Crippen LogP contribution is 2.52. The van der Waals surface area contributed by atoms with Gasteiger partial charge in [-0.25, -0.2) is 9.59 Å². The average molecular weight is 608 g/mol. The fourth-order valence-electron chi connectivity index (χ4n) is 5.23. The molecule has 0 amide bonds. The second-order valence-electron chi connectivity index (χ2n) is 10.5. The number of carboxylic acids is 2. The Morgan fingerprint density at radius 3 is 1.71 bits per heavy atom. The van der Waals surface area contributed by atoms with E-state index >= 15 is 0 Å². The topological polar surface area (TPSA) is 105 Å². The maximum Gasteiger partial charge on any atom is 0.490 e. The Kier molecular flexibility index (Phi) is 11.4. The predicted molar refractivity (Wildman–Crippen MR) is 143 cm³/mol. The van der Waals surface area contributed by atoms with Gasteiger partial charge in [-0.3, -0.25) is 4.90 Å². The molecular formula is C28H35F6N3O5. The van der Waals surface area contributed by atoms with Crippen molar-refractivity contribution in [2.75, 3.05) is 46.2 Å². The molecule has 1 heterocycles. The van der Waals surface area contributed by atoms with Gasteiger partial charge in [-0.1, -0.05) is 36.4 Å². The third-order valence-electron chi connectivity index (χ3n) is 7.33. The van der Waals surface area contributed by atoms with E-state index in [1.165, 1.54) is 22.4 Å². The first-order valence-corrected chi connectivity index (χ1v) is 12.8. The third kappa shape index (κ3) is 8.58. The molecule has 1 saturated heterocycles. The Balaban J connectivity index is 0.000000367. The molecule has 2 atom stereocenters. The van der Waals surface area contributed by atoms with Gasteiger partial charge < -0.3 is 25.1 Å². The first-order valence-electron chi connectivity index (χ1n) is 12.8. The normalized spacial score (nSPS) is 19.7. The zero-order valence-corrected chi connectivity index (χ0v) is 23.6. The van der Waals surface area contributed by atoms with E-state index in [2.05, 4.69) is 91.4 Å². The molecule has 1 aliphatic heterocycles. The highest BCUT2D eigenvalue weighted by atomic mass is 19.4. The molecular weight excluding hydrogens is 572 g/mol. The van der Waals surface area contributed by atoms with Crippen LogP contribution in [-0.4, -0.2) is 96.8 Å². The molecule has 42 heavy (non-hydrogen) atoms. The second kappa shape index (κ2) is 13.7. The van der Waals surface area contributed by atoms with Crippen molar-refractivity contribution >= 4 is 17.6 Å². The van der Waals surface area contributed by atoms with Crippen LogP contribution in [0.15, 0.2) is 48.5 Å². The summed E-state index contributed by atoms with van der Waals surface area (Å²) in [7, 11) is 8.31. The van der Waals surface area contributed by atoms with E-state index in [4.69, 9.17) is 19.8 Å². The minimum atomic E-state index is -5.08. The largest absolute Gasteiger partial charge is 0.490 e. The van der Waals surface area contributed by atoms with Gasteiger partial charge in [-0.05, 0) is 68.8 Å². The van der Waals surface area contributed by atoms with Gasteiger partial charge >= 0.3 is 24.3 Å². The first-order chi connectivity index (χ1) is 19.3. The Morgan fingerprint density at radius 2 is 1.31 bits per heavy atom. The molecule has 2 aliphatic rings. The molecule has 0 bridgehead atoms. The maximum absolute atomic E-state index is 11.3. The highest BCUT2D eigenvalue weighted by molar-refractivity contribution is 5.73. The van der Waals surface area contributed by atoms with E-state index in [1.54, 1.807) is 0 Å². The number of anilines is 1. The predicted octanol–water partition coefficient (Wildman–Crippen LogP) is 4.53. The highest BCUT2D eigenvalue weighted by Gasteiger charge is 2.53. The van der Waals surface area contributed by atoms with Crippen LogP contribution >= 0.6 is 0 Å². The zero-order valence-electron chi connectivity index (χ0n) is 23.6. The molecule has 0 unspecified atom stereocenters. The molecule has 1 aliphatic carbocycles. The molecule has 4 rings (SSSR count). The van der Waals surface area contributed by atoms with E-state index in [9.17, 15) is 31.4 Å². The number of rotatable bonds is 4. The quantitative estimate of drug-likeness (QED) is 0.436.